The van der Waals surface area contributed by atoms with E-state index in [4.69, 9.17) is 14.6 Å². The lowest BCUT2D eigenvalue weighted by atomic mass is 9.96. The summed E-state index contributed by atoms with van der Waals surface area (Å²) in [5.74, 6) is 0.800. The van der Waals surface area contributed by atoms with E-state index < -0.39 is 6.10 Å². The van der Waals surface area contributed by atoms with Crippen LogP contribution in [-0.4, -0.2) is 57.1 Å². The summed E-state index contributed by atoms with van der Waals surface area (Å²) in [6.07, 6.45) is 3.78. The monoisotopic (exact) mass is 359 g/mol. The molecule has 7 heteroatoms. The van der Waals surface area contributed by atoms with Crippen molar-refractivity contribution in [3.8, 4) is 17.0 Å². The van der Waals surface area contributed by atoms with Gasteiger partial charge in [-0.3, -0.25) is 14.4 Å². The van der Waals surface area contributed by atoms with Crippen molar-refractivity contribution in [1.82, 2.24) is 14.7 Å². The number of rotatable bonds is 3. The number of hydrogen-bond acceptors (Lipinski definition) is 5. The van der Waals surface area contributed by atoms with E-state index in [1.165, 1.54) is 12.8 Å². The molecule has 1 aromatic carbocycles. The van der Waals surface area contributed by atoms with Gasteiger partial charge in [-0.15, -0.1) is 0 Å². The summed E-state index contributed by atoms with van der Waals surface area (Å²) in [6.45, 7) is 5.35. The van der Waals surface area contributed by atoms with Crippen molar-refractivity contribution >= 4 is 6.47 Å². The van der Waals surface area contributed by atoms with Gasteiger partial charge in [0, 0.05) is 23.9 Å². The molecule has 1 fully saturated rings. The van der Waals surface area contributed by atoms with Gasteiger partial charge < -0.3 is 14.9 Å². The van der Waals surface area contributed by atoms with Crippen LogP contribution in [0.2, 0.25) is 0 Å². The molecule has 2 atom stereocenters. The van der Waals surface area contributed by atoms with E-state index in [1.807, 2.05) is 29.1 Å². The fraction of sp³-hybridized carbons (Fsp3) is 0.474. The lowest BCUT2D eigenvalue weighted by Gasteiger charge is -2.36. The third-order valence-corrected chi connectivity index (χ3v) is 5.03. The highest BCUT2D eigenvalue weighted by molar-refractivity contribution is 5.63. The Bertz CT molecular complexity index is 740. The normalized spacial score (nSPS) is 22.1. The summed E-state index contributed by atoms with van der Waals surface area (Å²) in [6, 6.07) is 8.18. The topological polar surface area (TPSA) is 87.8 Å². The summed E-state index contributed by atoms with van der Waals surface area (Å²) in [4.78, 5) is 10.7. The molecule has 7 nitrogen and oxygen atoms in total. The number of benzene rings is 1. The lowest BCUT2D eigenvalue weighted by molar-refractivity contribution is -0.122. The van der Waals surface area contributed by atoms with Crippen molar-refractivity contribution in [2.75, 3.05) is 19.7 Å². The molecule has 4 rings (SSSR count). The highest BCUT2D eigenvalue weighted by Gasteiger charge is 2.35. The van der Waals surface area contributed by atoms with Gasteiger partial charge in [0.2, 0.25) is 0 Å². The number of carboxylic acid groups (broad SMARTS) is 1. The van der Waals surface area contributed by atoms with E-state index in [0.29, 0.717) is 6.61 Å². The zero-order valence-electron chi connectivity index (χ0n) is 14.9. The number of ether oxygens (including phenoxy) is 1. The molecule has 0 radical (unpaired) electrons. The van der Waals surface area contributed by atoms with Gasteiger partial charge in [0.15, 0.2) is 0 Å². The second-order valence-corrected chi connectivity index (χ2v) is 6.46. The molecule has 0 amide bonds. The van der Waals surface area contributed by atoms with Crippen LogP contribution < -0.4 is 4.74 Å². The summed E-state index contributed by atoms with van der Waals surface area (Å²) in [7, 11) is 0. The predicted octanol–water partition coefficient (Wildman–Crippen LogP) is 2.16. The average Bonchev–Trinajstić information content (AvgIpc) is 3.34. The minimum absolute atomic E-state index is 0.0806. The first-order valence-electron chi connectivity index (χ1n) is 8.98. The molecule has 26 heavy (non-hydrogen) atoms. The lowest BCUT2D eigenvalue weighted by Crippen LogP contribution is -2.44. The molecule has 0 bridgehead atoms. The molecule has 2 aliphatic heterocycles. The Kier molecular flexibility index (Phi) is 5.90. The van der Waals surface area contributed by atoms with E-state index in [-0.39, 0.29) is 12.5 Å². The van der Waals surface area contributed by atoms with Crippen LogP contribution in [0.1, 0.15) is 31.4 Å². The van der Waals surface area contributed by atoms with E-state index in [9.17, 15) is 5.11 Å². The molecule has 0 aliphatic carbocycles. The number of aryl methyl sites for hydroxylation is 1. The van der Waals surface area contributed by atoms with E-state index in [1.54, 1.807) is 0 Å². The molecule has 2 N–H and O–H groups in total. The third kappa shape index (κ3) is 3.59. The van der Waals surface area contributed by atoms with Crippen molar-refractivity contribution in [3.63, 3.8) is 0 Å². The van der Waals surface area contributed by atoms with E-state index in [2.05, 4.69) is 23.0 Å². The number of carbonyl (C=O) groups is 1. The van der Waals surface area contributed by atoms with Gasteiger partial charge in [-0.2, -0.15) is 5.10 Å². The molecule has 3 heterocycles. The second-order valence-electron chi connectivity index (χ2n) is 6.46. The van der Waals surface area contributed by atoms with Gasteiger partial charge in [-0.05, 0) is 45.0 Å². The fourth-order valence-corrected chi connectivity index (χ4v) is 3.74. The first kappa shape index (κ1) is 18.4. The first-order valence-corrected chi connectivity index (χ1v) is 8.98. The highest BCUT2D eigenvalue weighted by Crippen LogP contribution is 2.37. The number of aliphatic hydroxyl groups is 1. The number of hydrogen-bond donors (Lipinski definition) is 2. The van der Waals surface area contributed by atoms with E-state index in [0.717, 1.165) is 42.2 Å². The molecule has 140 valence electrons. The van der Waals surface area contributed by atoms with Crippen LogP contribution in [0, 0.1) is 0 Å². The summed E-state index contributed by atoms with van der Waals surface area (Å²) >= 11 is 0. The Labute approximate surface area is 152 Å². The predicted molar refractivity (Wildman–Crippen MR) is 97.1 cm³/mol. The van der Waals surface area contributed by atoms with Gasteiger partial charge in [-0.25, -0.2) is 0 Å². The number of fused-ring (bicyclic) bond motifs is 1. The van der Waals surface area contributed by atoms with Crippen molar-refractivity contribution < 1.29 is 19.7 Å². The SMILES string of the molecule is CCn1nccc1-c1ccc2c(c1)OC[C@@H](N1CCCC1)[C@@H]2O.O=CO. The van der Waals surface area contributed by atoms with Gasteiger partial charge in [0.25, 0.3) is 6.47 Å². The Morgan fingerprint density at radius 2 is 2.04 bits per heavy atom. The zero-order valence-corrected chi connectivity index (χ0v) is 14.9. The minimum Gasteiger partial charge on any atom is -0.491 e. The third-order valence-electron chi connectivity index (χ3n) is 5.03. The number of aromatic nitrogens is 2. The van der Waals surface area contributed by atoms with Crippen molar-refractivity contribution in [3.05, 3.63) is 36.0 Å². The Morgan fingerprint density at radius 1 is 1.31 bits per heavy atom. The molecule has 0 spiro atoms. The molecule has 1 saturated heterocycles. The van der Waals surface area contributed by atoms with Crippen molar-refractivity contribution in [2.45, 2.75) is 38.5 Å². The Balaban J connectivity index is 0.000000613. The largest absolute Gasteiger partial charge is 0.491 e. The van der Waals surface area contributed by atoms with Gasteiger partial charge >= 0.3 is 0 Å². The maximum atomic E-state index is 10.8. The summed E-state index contributed by atoms with van der Waals surface area (Å²) in [5, 5.41) is 22.0. The van der Waals surface area contributed by atoms with Crippen molar-refractivity contribution in [1.29, 1.82) is 0 Å². The summed E-state index contributed by atoms with van der Waals surface area (Å²) in [5.41, 5.74) is 3.06. The maximum Gasteiger partial charge on any atom is 0.290 e. The standard InChI is InChI=1S/C18H23N3O2.CH2O2/c1-2-21-15(7-8-19-21)13-5-6-14-17(11-13)23-12-16(18(14)22)20-9-3-4-10-20;2-1-3/h5-8,11,16,18,22H,2-4,9-10,12H2,1H3;1H,(H,2,3)/t16-,18-;/m1./s1. The molecule has 2 aliphatic rings. The minimum atomic E-state index is -0.470. The number of aliphatic hydroxyl groups excluding tert-OH is 1. The first-order chi connectivity index (χ1) is 12.7. The molecule has 1 aromatic heterocycles. The average molecular weight is 359 g/mol. The van der Waals surface area contributed by atoms with Crippen LogP contribution in [0.5, 0.6) is 5.75 Å². The van der Waals surface area contributed by atoms with Gasteiger partial charge in [0.1, 0.15) is 18.5 Å². The van der Waals surface area contributed by atoms with Crippen LogP contribution in [-0.2, 0) is 11.3 Å². The molecule has 0 unspecified atom stereocenters. The highest BCUT2D eigenvalue weighted by atomic mass is 16.5. The zero-order chi connectivity index (χ0) is 18.5. The molecule has 2 aromatic rings. The maximum absolute atomic E-state index is 10.8. The van der Waals surface area contributed by atoms with Crippen LogP contribution >= 0.6 is 0 Å². The Hall–Kier alpha value is -2.38. The summed E-state index contributed by atoms with van der Waals surface area (Å²) < 4.78 is 7.97. The number of likely N-dealkylation sites (tertiary alicyclic amines) is 1. The van der Waals surface area contributed by atoms with Gasteiger partial charge in [0.05, 0.1) is 11.7 Å². The Morgan fingerprint density at radius 3 is 2.73 bits per heavy atom. The van der Waals surface area contributed by atoms with Crippen LogP contribution in [0.25, 0.3) is 11.3 Å². The van der Waals surface area contributed by atoms with E-state index >= 15 is 0 Å². The quantitative estimate of drug-likeness (QED) is 0.817. The molecule has 0 saturated carbocycles. The number of nitrogens with zero attached hydrogens (tertiary/aromatic N) is 3. The second kappa shape index (κ2) is 8.33. The van der Waals surface area contributed by atoms with Crippen LogP contribution in [0.15, 0.2) is 30.5 Å². The molecular formula is C19H25N3O4. The fourth-order valence-electron chi connectivity index (χ4n) is 3.74. The van der Waals surface area contributed by atoms with Crippen molar-refractivity contribution in [2.24, 2.45) is 0 Å². The van der Waals surface area contributed by atoms with Crippen LogP contribution in [0.4, 0.5) is 0 Å². The smallest absolute Gasteiger partial charge is 0.290 e. The van der Waals surface area contributed by atoms with Gasteiger partial charge in [-0.1, -0.05) is 12.1 Å². The van der Waals surface area contributed by atoms with Crippen LogP contribution in [0.3, 0.4) is 0 Å². The molecular weight excluding hydrogens is 334 g/mol.